The van der Waals surface area contributed by atoms with Crippen LogP contribution in [0.3, 0.4) is 0 Å². The first-order chi connectivity index (χ1) is 13.2. The Hall–Kier alpha value is -2.61. The van der Waals surface area contributed by atoms with Gasteiger partial charge in [-0.2, -0.15) is 0 Å². The van der Waals surface area contributed by atoms with Gasteiger partial charge in [0.15, 0.2) is 0 Å². The van der Waals surface area contributed by atoms with Crippen molar-refractivity contribution >= 4 is 33.6 Å². The molecule has 2 N–H and O–H groups in total. The van der Waals surface area contributed by atoms with E-state index in [1.165, 1.54) is 4.90 Å². The van der Waals surface area contributed by atoms with Gasteiger partial charge in [0.2, 0.25) is 5.91 Å². The molecule has 0 spiro atoms. The number of amides is 2. The average molecular weight is 447 g/mol. The van der Waals surface area contributed by atoms with E-state index in [9.17, 15) is 9.59 Å². The number of ether oxygens (including phenoxy) is 1. The summed E-state index contributed by atoms with van der Waals surface area (Å²) < 4.78 is 6.00. The Morgan fingerprint density at radius 3 is 2.79 bits per heavy atom. The number of rotatable bonds is 4. The van der Waals surface area contributed by atoms with E-state index in [-0.39, 0.29) is 18.4 Å². The maximum absolute atomic E-state index is 13.2. The van der Waals surface area contributed by atoms with Crippen LogP contribution in [0.1, 0.15) is 42.9 Å². The van der Waals surface area contributed by atoms with Gasteiger partial charge < -0.3 is 20.3 Å². The molecule has 148 valence electrons. The van der Waals surface area contributed by atoms with Gasteiger partial charge in [0.1, 0.15) is 24.3 Å². The number of hydrogen-bond acceptors (Lipinski definition) is 5. The molecule has 2 amide bonds. The molecular weight excluding hydrogens is 424 g/mol. The number of aromatic nitrogens is 1. The maximum atomic E-state index is 13.2. The van der Waals surface area contributed by atoms with Crippen molar-refractivity contribution in [3.63, 3.8) is 0 Å². The van der Waals surface area contributed by atoms with E-state index in [0.717, 1.165) is 5.56 Å². The van der Waals surface area contributed by atoms with Gasteiger partial charge in [0.05, 0.1) is 12.7 Å². The average Bonchev–Trinajstić information content (AvgIpc) is 2.63. The first kappa shape index (κ1) is 20.1. The SMILES string of the molecule is COc1cccc(C2Nc3ncc(Br)cc3C(=O)N2CC(=O)NC(C)(C)C)c1. The smallest absolute Gasteiger partial charge is 0.260 e. The van der Waals surface area contributed by atoms with Gasteiger partial charge in [-0.3, -0.25) is 9.59 Å². The summed E-state index contributed by atoms with van der Waals surface area (Å²) in [5.74, 6) is 0.648. The van der Waals surface area contributed by atoms with Gasteiger partial charge in [0, 0.05) is 16.2 Å². The zero-order valence-corrected chi connectivity index (χ0v) is 17.8. The van der Waals surface area contributed by atoms with E-state index in [1.54, 1.807) is 19.4 Å². The molecule has 2 aromatic rings. The Morgan fingerprint density at radius 1 is 1.36 bits per heavy atom. The summed E-state index contributed by atoms with van der Waals surface area (Å²) >= 11 is 3.35. The predicted molar refractivity (Wildman–Crippen MR) is 110 cm³/mol. The van der Waals surface area contributed by atoms with Crippen molar-refractivity contribution in [3.8, 4) is 5.75 Å². The van der Waals surface area contributed by atoms with Crippen LogP contribution in [-0.2, 0) is 4.79 Å². The topological polar surface area (TPSA) is 83.6 Å². The Labute approximate surface area is 172 Å². The monoisotopic (exact) mass is 446 g/mol. The fourth-order valence-corrected chi connectivity index (χ4v) is 3.38. The van der Waals surface area contributed by atoms with Crippen molar-refractivity contribution < 1.29 is 14.3 Å². The fourth-order valence-electron chi connectivity index (χ4n) is 3.05. The largest absolute Gasteiger partial charge is 0.497 e. The molecule has 1 aliphatic heterocycles. The molecule has 0 saturated heterocycles. The third kappa shape index (κ3) is 4.44. The summed E-state index contributed by atoms with van der Waals surface area (Å²) in [5, 5.41) is 6.18. The van der Waals surface area contributed by atoms with Crippen LogP contribution in [0.25, 0.3) is 0 Å². The number of nitrogens with zero attached hydrogens (tertiary/aromatic N) is 2. The number of pyridine rings is 1. The molecule has 1 atom stereocenters. The number of fused-ring (bicyclic) bond motifs is 1. The van der Waals surface area contributed by atoms with Crippen LogP contribution in [0.2, 0.25) is 0 Å². The van der Waals surface area contributed by atoms with Gasteiger partial charge in [-0.05, 0) is 60.5 Å². The first-order valence-corrected chi connectivity index (χ1v) is 9.65. The second-order valence-electron chi connectivity index (χ2n) is 7.60. The van der Waals surface area contributed by atoms with Gasteiger partial charge in [-0.25, -0.2) is 4.98 Å². The lowest BCUT2D eigenvalue weighted by Gasteiger charge is -2.37. The van der Waals surface area contributed by atoms with Crippen LogP contribution in [0, 0.1) is 0 Å². The highest BCUT2D eigenvalue weighted by Crippen LogP contribution is 2.34. The quantitative estimate of drug-likeness (QED) is 0.752. The molecule has 1 aromatic carbocycles. The molecule has 8 heteroatoms. The van der Waals surface area contributed by atoms with E-state index in [0.29, 0.717) is 21.6 Å². The molecule has 1 aromatic heterocycles. The van der Waals surface area contributed by atoms with Crippen LogP contribution in [-0.4, -0.2) is 40.9 Å². The lowest BCUT2D eigenvalue weighted by Crippen LogP contribution is -2.51. The normalized spacial score (nSPS) is 16.2. The lowest BCUT2D eigenvalue weighted by atomic mass is 10.1. The molecule has 0 saturated carbocycles. The fraction of sp³-hybridized carbons (Fsp3) is 0.350. The minimum absolute atomic E-state index is 0.0864. The molecule has 7 nitrogen and oxygen atoms in total. The van der Waals surface area contributed by atoms with Crippen molar-refractivity contribution in [1.29, 1.82) is 0 Å². The summed E-state index contributed by atoms with van der Waals surface area (Å²) in [4.78, 5) is 31.6. The molecule has 0 bridgehead atoms. The van der Waals surface area contributed by atoms with Crippen LogP contribution in [0.4, 0.5) is 5.82 Å². The summed E-state index contributed by atoms with van der Waals surface area (Å²) in [6, 6.07) is 9.09. The molecule has 3 rings (SSSR count). The maximum Gasteiger partial charge on any atom is 0.260 e. The highest BCUT2D eigenvalue weighted by atomic mass is 79.9. The molecular formula is C20H23BrN4O3. The van der Waals surface area contributed by atoms with Crippen molar-refractivity contribution in [2.24, 2.45) is 0 Å². The summed E-state index contributed by atoms with van der Waals surface area (Å²) in [6.07, 6.45) is 1.08. The molecule has 0 radical (unpaired) electrons. The van der Waals surface area contributed by atoms with Crippen molar-refractivity contribution in [1.82, 2.24) is 15.2 Å². The number of halogens is 1. The van der Waals surface area contributed by atoms with Crippen LogP contribution < -0.4 is 15.4 Å². The van der Waals surface area contributed by atoms with Crippen molar-refractivity contribution in [3.05, 3.63) is 52.1 Å². The zero-order chi connectivity index (χ0) is 20.5. The molecule has 0 fully saturated rings. The Balaban J connectivity index is 1.99. The molecule has 1 unspecified atom stereocenters. The van der Waals surface area contributed by atoms with Gasteiger partial charge >= 0.3 is 0 Å². The number of carbonyl (C=O) groups is 2. The van der Waals surface area contributed by atoms with Gasteiger partial charge in [-0.15, -0.1) is 0 Å². The third-order valence-electron chi connectivity index (χ3n) is 4.17. The lowest BCUT2D eigenvalue weighted by molar-refractivity contribution is -0.123. The van der Waals surface area contributed by atoms with Gasteiger partial charge in [-0.1, -0.05) is 12.1 Å². The standard InChI is InChI=1S/C20H23BrN4O3/c1-20(2,3)24-16(26)11-25-18(12-6-5-7-14(8-12)28-4)23-17-15(19(25)27)9-13(21)10-22-17/h5-10,18H,11H2,1-4H3,(H,22,23)(H,24,26). The highest BCUT2D eigenvalue weighted by molar-refractivity contribution is 9.10. The van der Waals surface area contributed by atoms with E-state index in [1.807, 2.05) is 45.0 Å². The third-order valence-corrected chi connectivity index (χ3v) is 4.60. The highest BCUT2D eigenvalue weighted by Gasteiger charge is 2.35. The second-order valence-corrected chi connectivity index (χ2v) is 8.52. The zero-order valence-electron chi connectivity index (χ0n) is 16.2. The Morgan fingerprint density at radius 2 is 2.11 bits per heavy atom. The Kier molecular flexibility index (Phi) is 5.60. The summed E-state index contributed by atoms with van der Waals surface area (Å²) in [7, 11) is 1.58. The first-order valence-electron chi connectivity index (χ1n) is 8.86. The van der Waals surface area contributed by atoms with Gasteiger partial charge in [0.25, 0.3) is 5.91 Å². The molecule has 1 aliphatic rings. The molecule has 28 heavy (non-hydrogen) atoms. The molecule has 2 heterocycles. The van der Waals surface area contributed by atoms with Crippen LogP contribution in [0.15, 0.2) is 41.0 Å². The number of anilines is 1. The summed E-state index contributed by atoms with van der Waals surface area (Å²) in [5.41, 5.74) is 0.820. The predicted octanol–water partition coefficient (Wildman–Crippen LogP) is 3.33. The number of methoxy groups -OCH3 is 1. The van der Waals surface area contributed by atoms with E-state index in [2.05, 4.69) is 31.5 Å². The second kappa shape index (κ2) is 7.79. The van der Waals surface area contributed by atoms with Crippen LogP contribution >= 0.6 is 15.9 Å². The number of carbonyl (C=O) groups excluding carboxylic acids is 2. The van der Waals surface area contributed by atoms with E-state index >= 15 is 0 Å². The van der Waals surface area contributed by atoms with E-state index in [4.69, 9.17) is 4.74 Å². The summed E-state index contributed by atoms with van der Waals surface area (Å²) in [6.45, 7) is 5.61. The van der Waals surface area contributed by atoms with Crippen molar-refractivity contribution in [2.75, 3.05) is 19.0 Å². The number of nitrogens with one attached hydrogen (secondary N) is 2. The van der Waals surface area contributed by atoms with E-state index < -0.39 is 11.7 Å². The number of benzene rings is 1. The van der Waals surface area contributed by atoms with Crippen molar-refractivity contribution in [2.45, 2.75) is 32.5 Å². The Bertz CT molecular complexity index is 911. The van der Waals surface area contributed by atoms with Crippen LogP contribution in [0.5, 0.6) is 5.75 Å². The number of hydrogen-bond donors (Lipinski definition) is 2. The minimum Gasteiger partial charge on any atom is -0.497 e. The molecule has 0 aliphatic carbocycles. The minimum atomic E-state index is -0.547.